The van der Waals surface area contributed by atoms with Crippen LogP contribution in [0.5, 0.6) is 0 Å². The first-order valence-corrected chi connectivity index (χ1v) is 9.93. The standard InChI is InChI=1S/C22H29N3O/c23-17-20-9-7-19(8-10-20)11-12-21(26)24-18-22(13-3-1-4-14-22)25-15-5-2-6-16-25/h7-12H,1-6,13-16,18H2,(H,24,26). The molecule has 0 atom stereocenters. The number of carbonyl (C=O) groups is 1. The van der Waals surface area contributed by atoms with E-state index in [1.54, 1.807) is 18.2 Å². The molecular formula is C22H29N3O. The van der Waals surface area contributed by atoms with Gasteiger partial charge in [-0.2, -0.15) is 5.26 Å². The Morgan fingerprint density at radius 2 is 1.73 bits per heavy atom. The molecule has 1 saturated carbocycles. The summed E-state index contributed by atoms with van der Waals surface area (Å²) in [4.78, 5) is 15.0. The van der Waals surface area contributed by atoms with Gasteiger partial charge in [0.1, 0.15) is 0 Å². The van der Waals surface area contributed by atoms with Crippen molar-refractivity contribution in [2.24, 2.45) is 0 Å². The molecule has 4 nitrogen and oxygen atoms in total. The second kappa shape index (κ2) is 9.00. The van der Waals surface area contributed by atoms with Crippen molar-refractivity contribution in [1.29, 1.82) is 5.26 Å². The van der Waals surface area contributed by atoms with Crippen LogP contribution in [0.25, 0.3) is 6.08 Å². The Bertz CT molecular complexity index is 660. The third-order valence-electron chi connectivity index (χ3n) is 5.87. The van der Waals surface area contributed by atoms with Crippen LogP contribution in [0.2, 0.25) is 0 Å². The third-order valence-corrected chi connectivity index (χ3v) is 5.87. The minimum atomic E-state index is -0.0312. The van der Waals surface area contributed by atoms with E-state index in [9.17, 15) is 4.79 Å². The Labute approximate surface area is 156 Å². The molecule has 2 aliphatic rings. The molecule has 1 aromatic carbocycles. The zero-order valence-corrected chi connectivity index (χ0v) is 15.5. The van der Waals surface area contributed by atoms with E-state index in [1.807, 2.05) is 18.2 Å². The summed E-state index contributed by atoms with van der Waals surface area (Å²) in [6, 6.07) is 9.36. The number of hydrogen-bond donors (Lipinski definition) is 1. The predicted octanol–water partition coefficient (Wildman–Crippen LogP) is 3.88. The maximum atomic E-state index is 12.3. The Hall–Kier alpha value is -2.12. The zero-order chi connectivity index (χ0) is 18.2. The summed E-state index contributed by atoms with van der Waals surface area (Å²) in [5.74, 6) is -0.0312. The van der Waals surface area contributed by atoms with Crippen molar-refractivity contribution < 1.29 is 4.79 Å². The van der Waals surface area contributed by atoms with Crippen molar-refractivity contribution >= 4 is 12.0 Å². The molecule has 0 unspecified atom stereocenters. The number of hydrogen-bond acceptors (Lipinski definition) is 3. The minimum absolute atomic E-state index is 0.0312. The number of nitrogens with one attached hydrogen (secondary N) is 1. The maximum absolute atomic E-state index is 12.3. The summed E-state index contributed by atoms with van der Waals surface area (Å²) in [6.45, 7) is 3.11. The molecule has 4 heteroatoms. The highest BCUT2D eigenvalue weighted by molar-refractivity contribution is 5.91. The highest BCUT2D eigenvalue weighted by Crippen LogP contribution is 2.35. The Balaban J connectivity index is 1.58. The number of nitrogens with zero attached hydrogens (tertiary/aromatic N) is 2. The molecule has 0 radical (unpaired) electrons. The fourth-order valence-corrected chi connectivity index (χ4v) is 4.33. The Kier molecular flexibility index (Phi) is 6.46. The van der Waals surface area contributed by atoms with Crippen molar-refractivity contribution in [1.82, 2.24) is 10.2 Å². The van der Waals surface area contributed by atoms with Gasteiger partial charge in [-0.3, -0.25) is 9.69 Å². The topological polar surface area (TPSA) is 56.1 Å². The van der Waals surface area contributed by atoms with Crippen LogP contribution in [0, 0.1) is 11.3 Å². The molecule has 3 rings (SSSR count). The molecule has 1 heterocycles. The molecule has 1 aliphatic carbocycles. The molecular weight excluding hydrogens is 322 g/mol. The first-order valence-electron chi connectivity index (χ1n) is 9.93. The zero-order valence-electron chi connectivity index (χ0n) is 15.5. The van der Waals surface area contributed by atoms with Crippen molar-refractivity contribution in [2.45, 2.75) is 56.9 Å². The summed E-state index contributed by atoms with van der Waals surface area (Å²) in [7, 11) is 0. The van der Waals surface area contributed by atoms with Gasteiger partial charge in [-0.1, -0.05) is 37.8 Å². The molecule has 1 N–H and O–H groups in total. The first-order chi connectivity index (χ1) is 12.7. The minimum Gasteiger partial charge on any atom is -0.351 e. The van der Waals surface area contributed by atoms with E-state index >= 15 is 0 Å². The van der Waals surface area contributed by atoms with Crippen LogP contribution in [0.3, 0.4) is 0 Å². The van der Waals surface area contributed by atoms with Crippen LogP contribution in [0.15, 0.2) is 30.3 Å². The van der Waals surface area contributed by atoms with E-state index in [2.05, 4.69) is 16.3 Å². The molecule has 1 aromatic rings. The SMILES string of the molecule is N#Cc1ccc(C=CC(=O)NCC2(N3CCCCC3)CCCCC2)cc1. The Morgan fingerprint density at radius 1 is 1.08 bits per heavy atom. The summed E-state index contributed by atoms with van der Waals surface area (Å²) in [6.07, 6.45) is 13.6. The van der Waals surface area contributed by atoms with Gasteiger partial charge in [0.2, 0.25) is 5.91 Å². The van der Waals surface area contributed by atoms with Gasteiger partial charge in [0, 0.05) is 18.2 Å². The number of rotatable bonds is 5. The predicted molar refractivity (Wildman–Crippen MR) is 104 cm³/mol. The van der Waals surface area contributed by atoms with Gasteiger partial charge in [0.25, 0.3) is 0 Å². The second-order valence-corrected chi connectivity index (χ2v) is 7.62. The number of likely N-dealkylation sites (tertiary alicyclic amines) is 1. The molecule has 2 fully saturated rings. The summed E-state index contributed by atoms with van der Waals surface area (Å²) in [5, 5.41) is 12.0. The average Bonchev–Trinajstić information content (AvgIpc) is 2.72. The lowest BCUT2D eigenvalue weighted by molar-refractivity contribution is -0.117. The average molecular weight is 351 g/mol. The van der Waals surface area contributed by atoms with Crippen LogP contribution >= 0.6 is 0 Å². The molecule has 1 amide bonds. The van der Waals surface area contributed by atoms with Crippen LogP contribution in [-0.2, 0) is 4.79 Å². The smallest absolute Gasteiger partial charge is 0.244 e. The first kappa shape index (κ1) is 18.7. The van der Waals surface area contributed by atoms with Crippen molar-refractivity contribution in [2.75, 3.05) is 19.6 Å². The van der Waals surface area contributed by atoms with Crippen LogP contribution in [0.1, 0.15) is 62.5 Å². The van der Waals surface area contributed by atoms with E-state index in [0.29, 0.717) is 5.56 Å². The highest BCUT2D eigenvalue weighted by Gasteiger charge is 2.38. The molecule has 26 heavy (non-hydrogen) atoms. The number of carbonyl (C=O) groups excluding carboxylic acids is 1. The number of piperidine rings is 1. The summed E-state index contributed by atoms with van der Waals surface area (Å²) in [5.41, 5.74) is 1.73. The van der Waals surface area contributed by atoms with E-state index in [1.165, 1.54) is 64.5 Å². The fourth-order valence-electron chi connectivity index (χ4n) is 4.33. The Morgan fingerprint density at radius 3 is 2.38 bits per heavy atom. The van der Waals surface area contributed by atoms with Crippen LogP contribution in [0.4, 0.5) is 0 Å². The lowest BCUT2D eigenvalue weighted by Gasteiger charge is -2.48. The van der Waals surface area contributed by atoms with E-state index in [0.717, 1.165) is 12.1 Å². The van der Waals surface area contributed by atoms with Gasteiger partial charge < -0.3 is 5.32 Å². The molecule has 1 saturated heterocycles. The van der Waals surface area contributed by atoms with E-state index in [-0.39, 0.29) is 11.4 Å². The third kappa shape index (κ3) is 4.74. The number of nitriles is 1. The van der Waals surface area contributed by atoms with Crippen LogP contribution < -0.4 is 5.32 Å². The molecule has 1 aliphatic heterocycles. The molecule has 0 bridgehead atoms. The van der Waals surface area contributed by atoms with E-state index < -0.39 is 0 Å². The van der Waals surface area contributed by atoms with E-state index in [4.69, 9.17) is 5.26 Å². The number of benzene rings is 1. The monoisotopic (exact) mass is 351 g/mol. The molecule has 0 spiro atoms. The van der Waals surface area contributed by atoms with Gasteiger partial charge in [0.05, 0.1) is 11.6 Å². The van der Waals surface area contributed by atoms with Gasteiger partial charge in [-0.15, -0.1) is 0 Å². The largest absolute Gasteiger partial charge is 0.351 e. The molecule has 0 aromatic heterocycles. The highest BCUT2D eigenvalue weighted by atomic mass is 16.1. The van der Waals surface area contributed by atoms with Crippen molar-refractivity contribution in [3.63, 3.8) is 0 Å². The van der Waals surface area contributed by atoms with Crippen molar-refractivity contribution in [3.05, 3.63) is 41.5 Å². The van der Waals surface area contributed by atoms with Crippen molar-refractivity contribution in [3.8, 4) is 6.07 Å². The maximum Gasteiger partial charge on any atom is 0.244 e. The number of amides is 1. The summed E-state index contributed by atoms with van der Waals surface area (Å²) >= 11 is 0. The second-order valence-electron chi connectivity index (χ2n) is 7.62. The summed E-state index contributed by atoms with van der Waals surface area (Å²) < 4.78 is 0. The fraction of sp³-hybridized carbons (Fsp3) is 0.545. The lowest BCUT2D eigenvalue weighted by atomic mass is 9.79. The molecule has 138 valence electrons. The van der Waals surface area contributed by atoms with Gasteiger partial charge >= 0.3 is 0 Å². The van der Waals surface area contributed by atoms with Gasteiger partial charge in [-0.05, 0) is 62.5 Å². The normalized spacial score (nSPS) is 20.6. The van der Waals surface area contributed by atoms with Gasteiger partial charge in [-0.25, -0.2) is 0 Å². The quantitative estimate of drug-likeness (QED) is 0.819. The van der Waals surface area contributed by atoms with Crippen LogP contribution in [-0.4, -0.2) is 36.0 Å². The lowest BCUT2D eigenvalue weighted by Crippen LogP contribution is -2.58. The van der Waals surface area contributed by atoms with Gasteiger partial charge in [0.15, 0.2) is 0 Å².